The number of benzene rings is 1. The molecule has 1 atom stereocenters. The first kappa shape index (κ1) is 15.4. The molecule has 1 unspecified atom stereocenters. The summed E-state index contributed by atoms with van der Waals surface area (Å²) in [5, 5.41) is 2.91. The van der Waals surface area contributed by atoms with Crippen LogP contribution in [0.2, 0.25) is 0 Å². The van der Waals surface area contributed by atoms with Gasteiger partial charge in [-0.1, -0.05) is 13.0 Å². The first-order valence-electron chi connectivity index (χ1n) is 6.95. The predicted molar refractivity (Wildman–Crippen MR) is 76.4 cm³/mol. The standard InChI is InChI=1S/C14H21FN2O2S/c1-3-12-5-4-8-17(12)20(18,19)14-7-6-11(10-16-2)9-13(14)15/h6-7,9,12,16H,3-5,8,10H2,1-2H3. The van der Waals surface area contributed by atoms with Crippen molar-refractivity contribution in [1.29, 1.82) is 0 Å². The Hall–Kier alpha value is -0.980. The monoisotopic (exact) mass is 300 g/mol. The predicted octanol–water partition coefficient (Wildman–Crippen LogP) is 2.11. The Bertz CT molecular complexity index is 575. The Morgan fingerprint density at radius 3 is 2.80 bits per heavy atom. The van der Waals surface area contributed by atoms with Crippen molar-refractivity contribution >= 4 is 10.0 Å². The third kappa shape index (κ3) is 2.87. The third-order valence-corrected chi connectivity index (χ3v) is 5.74. The first-order valence-corrected chi connectivity index (χ1v) is 8.39. The lowest BCUT2D eigenvalue weighted by Crippen LogP contribution is -2.35. The van der Waals surface area contributed by atoms with E-state index < -0.39 is 15.8 Å². The van der Waals surface area contributed by atoms with Crippen molar-refractivity contribution in [3.63, 3.8) is 0 Å². The second-order valence-corrected chi connectivity index (χ2v) is 6.97. The van der Waals surface area contributed by atoms with Gasteiger partial charge >= 0.3 is 0 Å². The van der Waals surface area contributed by atoms with Crippen LogP contribution in [-0.4, -0.2) is 32.4 Å². The number of halogens is 1. The Kier molecular flexibility index (Phi) is 4.78. The molecule has 1 N–H and O–H groups in total. The highest BCUT2D eigenvalue weighted by Crippen LogP contribution is 2.29. The summed E-state index contributed by atoms with van der Waals surface area (Å²) in [4.78, 5) is -0.210. The Labute approximate surface area is 120 Å². The summed E-state index contributed by atoms with van der Waals surface area (Å²) < 4.78 is 40.7. The van der Waals surface area contributed by atoms with Crippen molar-refractivity contribution in [2.45, 2.75) is 43.7 Å². The molecule has 0 saturated carbocycles. The van der Waals surface area contributed by atoms with Crippen molar-refractivity contribution < 1.29 is 12.8 Å². The van der Waals surface area contributed by atoms with E-state index in [0.717, 1.165) is 24.8 Å². The van der Waals surface area contributed by atoms with E-state index in [1.807, 2.05) is 6.92 Å². The number of hydrogen-bond acceptors (Lipinski definition) is 3. The summed E-state index contributed by atoms with van der Waals surface area (Å²) >= 11 is 0. The first-order chi connectivity index (χ1) is 9.50. The Balaban J connectivity index is 2.34. The molecule has 0 radical (unpaired) electrons. The molecule has 6 heteroatoms. The topological polar surface area (TPSA) is 49.4 Å². The van der Waals surface area contributed by atoms with Crippen LogP contribution in [0.5, 0.6) is 0 Å². The van der Waals surface area contributed by atoms with Crippen molar-refractivity contribution in [1.82, 2.24) is 9.62 Å². The van der Waals surface area contributed by atoms with Gasteiger partial charge in [-0.2, -0.15) is 4.31 Å². The second-order valence-electron chi connectivity index (χ2n) is 5.12. The lowest BCUT2D eigenvalue weighted by atomic mass is 10.2. The molecule has 1 heterocycles. The lowest BCUT2D eigenvalue weighted by molar-refractivity contribution is 0.377. The molecule has 112 valence electrons. The van der Waals surface area contributed by atoms with Gasteiger partial charge in [-0.25, -0.2) is 12.8 Å². The SMILES string of the molecule is CCC1CCCN1S(=O)(=O)c1ccc(CNC)cc1F. The quantitative estimate of drug-likeness (QED) is 0.906. The zero-order valence-electron chi connectivity index (χ0n) is 11.9. The van der Waals surface area contributed by atoms with Crippen LogP contribution in [-0.2, 0) is 16.6 Å². The Morgan fingerprint density at radius 1 is 1.45 bits per heavy atom. The summed E-state index contributed by atoms with van der Waals surface area (Å²) in [6, 6.07) is 4.32. The van der Waals surface area contributed by atoms with E-state index in [4.69, 9.17) is 0 Å². The molecule has 0 aliphatic carbocycles. The van der Waals surface area contributed by atoms with Crippen LogP contribution in [0.3, 0.4) is 0 Å². The van der Waals surface area contributed by atoms with E-state index in [2.05, 4.69) is 5.32 Å². The zero-order chi connectivity index (χ0) is 14.8. The molecule has 2 rings (SSSR count). The highest BCUT2D eigenvalue weighted by molar-refractivity contribution is 7.89. The maximum absolute atomic E-state index is 14.1. The largest absolute Gasteiger partial charge is 0.316 e. The van der Waals surface area contributed by atoms with Crippen molar-refractivity contribution in [2.24, 2.45) is 0 Å². The van der Waals surface area contributed by atoms with E-state index in [-0.39, 0.29) is 10.9 Å². The van der Waals surface area contributed by atoms with Crippen molar-refractivity contribution in [2.75, 3.05) is 13.6 Å². The van der Waals surface area contributed by atoms with Gasteiger partial charge in [0.25, 0.3) is 0 Å². The van der Waals surface area contributed by atoms with Crippen molar-refractivity contribution in [3.05, 3.63) is 29.6 Å². The normalized spacial score (nSPS) is 20.4. The molecule has 20 heavy (non-hydrogen) atoms. The van der Waals surface area contributed by atoms with Crippen LogP contribution in [0, 0.1) is 5.82 Å². The van der Waals surface area contributed by atoms with E-state index in [1.165, 1.54) is 16.4 Å². The highest BCUT2D eigenvalue weighted by Gasteiger charge is 2.35. The Morgan fingerprint density at radius 2 is 2.20 bits per heavy atom. The molecule has 1 aliphatic heterocycles. The zero-order valence-corrected chi connectivity index (χ0v) is 12.7. The van der Waals surface area contributed by atoms with Crippen LogP contribution in [0.15, 0.2) is 23.1 Å². The van der Waals surface area contributed by atoms with E-state index in [0.29, 0.717) is 13.1 Å². The van der Waals surface area contributed by atoms with Crippen LogP contribution < -0.4 is 5.32 Å². The van der Waals surface area contributed by atoms with E-state index >= 15 is 0 Å². The van der Waals surface area contributed by atoms with Gasteiger partial charge in [0.05, 0.1) is 0 Å². The molecular weight excluding hydrogens is 279 g/mol. The van der Waals surface area contributed by atoms with Gasteiger partial charge < -0.3 is 5.32 Å². The molecule has 1 saturated heterocycles. The number of rotatable bonds is 5. The lowest BCUT2D eigenvalue weighted by Gasteiger charge is -2.23. The summed E-state index contributed by atoms with van der Waals surface area (Å²) in [5.41, 5.74) is 0.734. The van der Waals surface area contributed by atoms with E-state index in [9.17, 15) is 12.8 Å². The molecule has 1 aromatic carbocycles. The molecular formula is C14H21FN2O2S. The maximum Gasteiger partial charge on any atom is 0.246 e. The van der Waals surface area contributed by atoms with Gasteiger partial charge in [-0.15, -0.1) is 0 Å². The smallest absolute Gasteiger partial charge is 0.246 e. The number of nitrogens with one attached hydrogen (secondary N) is 1. The van der Waals surface area contributed by atoms with Crippen LogP contribution in [0.1, 0.15) is 31.7 Å². The molecule has 0 amide bonds. The summed E-state index contributed by atoms with van der Waals surface area (Å²) in [7, 11) is -1.96. The summed E-state index contributed by atoms with van der Waals surface area (Å²) in [6.45, 7) is 2.96. The third-order valence-electron chi connectivity index (χ3n) is 3.76. The van der Waals surface area contributed by atoms with Crippen LogP contribution >= 0.6 is 0 Å². The minimum Gasteiger partial charge on any atom is -0.316 e. The average Bonchev–Trinajstić information content (AvgIpc) is 2.88. The van der Waals surface area contributed by atoms with Gasteiger partial charge in [-0.3, -0.25) is 0 Å². The van der Waals surface area contributed by atoms with Gasteiger partial charge in [0.2, 0.25) is 10.0 Å². The fraction of sp³-hybridized carbons (Fsp3) is 0.571. The number of hydrogen-bond donors (Lipinski definition) is 1. The second kappa shape index (κ2) is 6.20. The maximum atomic E-state index is 14.1. The molecule has 1 aromatic rings. The average molecular weight is 300 g/mol. The number of sulfonamides is 1. The molecule has 0 bridgehead atoms. The van der Waals surface area contributed by atoms with Crippen LogP contribution in [0.25, 0.3) is 0 Å². The number of nitrogens with zero attached hydrogens (tertiary/aromatic N) is 1. The van der Waals surface area contributed by atoms with Gasteiger partial charge in [0, 0.05) is 19.1 Å². The molecule has 0 aromatic heterocycles. The summed E-state index contributed by atoms with van der Waals surface area (Å²) in [5.74, 6) is -0.667. The van der Waals surface area contributed by atoms with Gasteiger partial charge in [-0.05, 0) is 44.0 Å². The fourth-order valence-electron chi connectivity index (χ4n) is 2.73. The van der Waals surface area contributed by atoms with Crippen molar-refractivity contribution in [3.8, 4) is 0 Å². The summed E-state index contributed by atoms with van der Waals surface area (Å²) in [6.07, 6.45) is 2.46. The fourth-order valence-corrected chi connectivity index (χ4v) is 4.54. The minimum absolute atomic E-state index is 0.00335. The minimum atomic E-state index is -3.72. The highest BCUT2D eigenvalue weighted by atomic mass is 32.2. The molecule has 1 aliphatic rings. The molecule has 0 spiro atoms. The molecule has 4 nitrogen and oxygen atoms in total. The molecule has 1 fully saturated rings. The van der Waals surface area contributed by atoms with Gasteiger partial charge in [0.1, 0.15) is 10.7 Å². The van der Waals surface area contributed by atoms with Gasteiger partial charge in [0.15, 0.2) is 0 Å². The van der Waals surface area contributed by atoms with E-state index in [1.54, 1.807) is 13.1 Å². The van der Waals surface area contributed by atoms with Crippen LogP contribution in [0.4, 0.5) is 4.39 Å².